The van der Waals surface area contributed by atoms with E-state index in [1.165, 1.54) is 11.3 Å². The topological polar surface area (TPSA) is 66.5 Å². The van der Waals surface area contributed by atoms with Crippen molar-refractivity contribution in [2.45, 2.75) is 13.0 Å². The molecule has 5 nitrogen and oxygen atoms in total. The molecule has 1 N–H and O–H groups in total. The Morgan fingerprint density at radius 2 is 2.13 bits per heavy atom. The van der Waals surface area contributed by atoms with Crippen molar-refractivity contribution < 1.29 is 14.4 Å². The van der Waals surface area contributed by atoms with E-state index in [1.54, 1.807) is 6.92 Å². The second-order valence-corrected chi connectivity index (χ2v) is 3.95. The van der Waals surface area contributed by atoms with Crippen molar-refractivity contribution in [3.05, 3.63) is 22.4 Å². The zero-order chi connectivity index (χ0) is 11.0. The Kier molecular flexibility index (Phi) is 2.28. The van der Waals surface area contributed by atoms with Crippen molar-refractivity contribution in [2.75, 3.05) is 0 Å². The molecule has 0 radical (unpaired) electrons. The Bertz CT molecular complexity index is 427. The largest absolute Gasteiger partial charge is 0.332 e. The van der Waals surface area contributed by atoms with Gasteiger partial charge in [-0.3, -0.25) is 14.9 Å². The fourth-order valence-corrected chi connectivity index (χ4v) is 2.17. The maximum Gasteiger partial charge on any atom is 0.332 e. The molecule has 78 valence electrons. The van der Waals surface area contributed by atoms with Crippen LogP contribution in [0.4, 0.5) is 4.79 Å². The highest BCUT2D eigenvalue weighted by atomic mass is 32.1. The number of rotatable bonds is 2. The third kappa shape index (κ3) is 1.52. The molecule has 0 spiro atoms. The average Bonchev–Trinajstić information content (AvgIpc) is 2.76. The van der Waals surface area contributed by atoms with Crippen molar-refractivity contribution in [3.63, 3.8) is 0 Å². The standard InChI is InChI=1S/C9H8N2O3S/c1-5(6-2-3-15-4-6)11-8(13)7(12)10-9(11)14/h2-5H,1H3,(H,10,12,14). The van der Waals surface area contributed by atoms with Crippen molar-refractivity contribution in [1.29, 1.82) is 0 Å². The van der Waals surface area contributed by atoms with Crippen LogP contribution < -0.4 is 5.32 Å². The lowest BCUT2D eigenvalue weighted by atomic mass is 10.1. The van der Waals surface area contributed by atoms with E-state index < -0.39 is 23.9 Å². The summed E-state index contributed by atoms with van der Waals surface area (Å²) < 4.78 is 0. The first kappa shape index (κ1) is 9.85. The van der Waals surface area contributed by atoms with Crippen LogP contribution in [0.2, 0.25) is 0 Å². The molecule has 1 aliphatic heterocycles. The zero-order valence-corrected chi connectivity index (χ0v) is 8.71. The number of amides is 4. The number of nitrogens with zero attached hydrogens (tertiary/aromatic N) is 1. The Labute approximate surface area is 89.7 Å². The van der Waals surface area contributed by atoms with Crippen molar-refractivity contribution in [1.82, 2.24) is 10.2 Å². The smallest absolute Gasteiger partial charge is 0.269 e. The maximum absolute atomic E-state index is 11.3. The second-order valence-electron chi connectivity index (χ2n) is 3.17. The van der Waals surface area contributed by atoms with Crippen LogP contribution in [0.1, 0.15) is 18.5 Å². The molecule has 0 aliphatic carbocycles. The Hall–Kier alpha value is -1.69. The van der Waals surface area contributed by atoms with Crippen molar-refractivity contribution >= 4 is 29.2 Å². The van der Waals surface area contributed by atoms with Gasteiger partial charge in [-0.05, 0) is 29.3 Å². The van der Waals surface area contributed by atoms with Gasteiger partial charge in [-0.25, -0.2) is 9.69 Å². The van der Waals surface area contributed by atoms with Crippen LogP contribution in [-0.2, 0) is 9.59 Å². The molecule has 1 atom stereocenters. The summed E-state index contributed by atoms with van der Waals surface area (Å²) in [6.45, 7) is 1.71. The normalized spacial score (nSPS) is 18.2. The minimum Gasteiger partial charge on any atom is -0.269 e. The molecule has 1 aromatic rings. The first-order valence-electron chi connectivity index (χ1n) is 4.32. The molecule has 1 unspecified atom stereocenters. The molecule has 2 heterocycles. The van der Waals surface area contributed by atoms with E-state index in [1.807, 2.05) is 22.1 Å². The van der Waals surface area contributed by atoms with E-state index in [4.69, 9.17) is 0 Å². The molecule has 4 amide bonds. The van der Waals surface area contributed by atoms with Gasteiger partial charge in [0.1, 0.15) is 0 Å². The molecule has 1 aromatic heterocycles. The van der Waals surface area contributed by atoms with Crippen LogP contribution in [0.25, 0.3) is 0 Å². The van der Waals surface area contributed by atoms with E-state index in [0.29, 0.717) is 0 Å². The Balaban J connectivity index is 2.28. The minimum absolute atomic E-state index is 0.407. The summed E-state index contributed by atoms with van der Waals surface area (Å²) in [7, 11) is 0. The average molecular weight is 224 g/mol. The molecule has 6 heteroatoms. The molecule has 1 saturated heterocycles. The van der Waals surface area contributed by atoms with Gasteiger partial charge < -0.3 is 0 Å². The van der Waals surface area contributed by atoms with Gasteiger partial charge in [-0.15, -0.1) is 0 Å². The number of carbonyl (C=O) groups is 3. The lowest BCUT2D eigenvalue weighted by Crippen LogP contribution is -2.33. The van der Waals surface area contributed by atoms with Crippen LogP contribution in [0.5, 0.6) is 0 Å². The third-order valence-corrected chi connectivity index (χ3v) is 2.97. The number of nitrogens with one attached hydrogen (secondary N) is 1. The SMILES string of the molecule is CC(c1ccsc1)N1C(=O)NC(=O)C1=O. The number of imide groups is 2. The summed E-state index contributed by atoms with van der Waals surface area (Å²) >= 11 is 1.48. The zero-order valence-electron chi connectivity index (χ0n) is 7.89. The number of thiophene rings is 1. The molecule has 1 aliphatic rings. The molecule has 15 heavy (non-hydrogen) atoms. The highest BCUT2D eigenvalue weighted by Gasteiger charge is 2.40. The van der Waals surface area contributed by atoms with Gasteiger partial charge in [-0.1, -0.05) is 0 Å². The van der Waals surface area contributed by atoms with E-state index in [2.05, 4.69) is 0 Å². The third-order valence-electron chi connectivity index (χ3n) is 2.27. The van der Waals surface area contributed by atoms with Crippen molar-refractivity contribution in [2.24, 2.45) is 0 Å². The Morgan fingerprint density at radius 1 is 1.40 bits per heavy atom. The second kappa shape index (κ2) is 3.47. The summed E-state index contributed by atoms with van der Waals surface area (Å²) in [5.41, 5.74) is 0.846. The van der Waals surface area contributed by atoms with Gasteiger partial charge in [0.15, 0.2) is 0 Å². The number of hydrogen-bond donors (Lipinski definition) is 1. The van der Waals surface area contributed by atoms with E-state index in [-0.39, 0.29) is 0 Å². The quantitative estimate of drug-likeness (QED) is 0.599. The van der Waals surface area contributed by atoms with Gasteiger partial charge in [-0.2, -0.15) is 11.3 Å². The first-order valence-corrected chi connectivity index (χ1v) is 5.26. The first-order chi connectivity index (χ1) is 7.11. The highest BCUT2D eigenvalue weighted by Crippen LogP contribution is 2.24. The number of hydrogen-bond acceptors (Lipinski definition) is 4. The van der Waals surface area contributed by atoms with E-state index >= 15 is 0 Å². The lowest BCUT2D eigenvalue weighted by Gasteiger charge is -2.19. The fraction of sp³-hybridized carbons (Fsp3) is 0.222. The molecule has 0 bridgehead atoms. The van der Waals surface area contributed by atoms with Crippen LogP contribution >= 0.6 is 11.3 Å². The van der Waals surface area contributed by atoms with Gasteiger partial charge in [0.05, 0.1) is 6.04 Å². The molecular formula is C9H8N2O3S. The predicted molar refractivity (Wildman–Crippen MR) is 53.1 cm³/mol. The van der Waals surface area contributed by atoms with Crippen LogP contribution in [0.3, 0.4) is 0 Å². The summed E-state index contributed by atoms with van der Waals surface area (Å²) in [4.78, 5) is 34.5. The van der Waals surface area contributed by atoms with Gasteiger partial charge in [0, 0.05) is 0 Å². The van der Waals surface area contributed by atoms with Gasteiger partial charge >= 0.3 is 17.8 Å². The Morgan fingerprint density at radius 3 is 2.60 bits per heavy atom. The van der Waals surface area contributed by atoms with Crippen molar-refractivity contribution in [3.8, 4) is 0 Å². The maximum atomic E-state index is 11.3. The van der Waals surface area contributed by atoms with Crippen LogP contribution in [0, 0.1) is 0 Å². The predicted octanol–water partition coefficient (Wildman–Crippen LogP) is 0.888. The summed E-state index contributed by atoms with van der Waals surface area (Å²) in [6.07, 6.45) is 0. The summed E-state index contributed by atoms with van der Waals surface area (Å²) in [5, 5.41) is 5.66. The van der Waals surface area contributed by atoms with E-state index in [9.17, 15) is 14.4 Å². The molecule has 0 saturated carbocycles. The minimum atomic E-state index is -0.859. The highest BCUT2D eigenvalue weighted by molar-refractivity contribution is 7.08. The summed E-state index contributed by atoms with van der Waals surface area (Å²) in [5.74, 6) is -1.65. The van der Waals surface area contributed by atoms with E-state index in [0.717, 1.165) is 10.5 Å². The molecule has 1 fully saturated rings. The number of carbonyl (C=O) groups excluding carboxylic acids is 3. The molecular weight excluding hydrogens is 216 g/mol. The number of urea groups is 1. The fourth-order valence-electron chi connectivity index (χ4n) is 1.43. The van der Waals surface area contributed by atoms with Crippen LogP contribution in [0.15, 0.2) is 16.8 Å². The van der Waals surface area contributed by atoms with Crippen LogP contribution in [-0.4, -0.2) is 22.7 Å². The van der Waals surface area contributed by atoms with Gasteiger partial charge in [0.25, 0.3) is 0 Å². The monoisotopic (exact) mass is 224 g/mol. The lowest BCUT2D eigenvalue weighted by molar-refractivity contribution is -0.141. The summed E-state index contributed by atoms with van der Waals surface area (Å²) in [6, 6.07) is 0.762. The molecule has 2 rings (SSSR count). The van der Waals surface area contributed by atoms with Gasteiger partial charge in [0.2, 0.25) is 0 Å². The molecule has 0 aromatic carbocycles.